The first-order valence-electron chi connectivity index (χ1n) is 10.6. The highest BCUT2D eigenvalue weighted by Gasteiger charge is 2.35. The van der Waals surface area contributed by atoms with Crippen LogP contribution in [-0.4, -0.2) is 66.0 Å². The predicted octanol–water partition coefficient (Wildman–Crippen LogP) is 3.25. The Morgan fingerprint density at radius 2 is 1.76 bits per heavy atom. The molecule has 2 fully saturated rings. The molecule has 0 radical (unpaired) electrons. The van der Waals surface area contributed by atoms with Gasteiger partial charge in [-0.1, -0.05) is 44.2 Å². The van der Waals surface area contributed by atoms with Crippen molar-refractivity contribution in [2.45, 2.75) is 25.8 Å². The molecule has 0 saturated carbocycles. The fraction of sp³-hybridized carbons (Fsp3) is 0.417. The number of hydrogen-bond donors (Lipinski definition) is 0. The van der Waals surface area contributed by atoms with Crippen LogP contribution in [-0.2, 0) is 4.79 Å². The molecule has 0 aliphatic carbocycles. The minimum Gasteiger partial charge on any atom is -0.354 e. The second kappa shape index (κ2) is 8.78. The summed E-state index contributed by atoms with van der Waals surface area (Å²) in [5.74, 6) is 1.70. The van der Waals surface area contributed by atoms with Crippen molar-refractivity contribution >= 4 is 17.8 Å². The van der Waals surface area contributed by atoms with E-state index in [0.29, 0.717) is 12.0 Å². The summed E-state index contributed by atoms with van der Waals surface area (Å²) in [6.45, 7) is 10.1. The molecule has 152 valence electrons. The van der Waals surface area contributed by atoms with Gasteiger partial charge in [-0.15, -0.1) is 0 Å². The molecular weight excluding hydrogens is 360 g/mol. The molecule has 2 aliphatic heterocycles. The van der Waals surface area contributed by atoms with E-state index in [1.165, 1.54) is 5.56 Å². The van der Waals surface area contributed by atoms with Gasteiger partial charge >= 0.3 is 0 Å². The van der Waals surface area contributed by atoms with Crippen LogP contribution in [0, 0.1) is 0 Å². The van der Waals surface area contributed by atoms with Crippen LogP contribution in [0.4, 0.5) is 5.82 Å². The molecule has 0 atom stereocenters. The summed E-state index contributed by atoms with van der Waals surface area (Å²) < 4.78 is 0. The minimum atomic E-state index is 0.112. The Kier molecular flexibility index (Phi) is 5.95. The summed E-state index contributed by atoms with van der Waals surface area (Å²) in [7, 11) is 0. The zero-order valence-corrected chi connectivity index (χ0v) is 17.4. The van der Waals surface area contributed by atoms with Crippen LogP contribution in [0.25, 0.3) is 6.08 Å². The van der Waals surface area contributed by atoms with Crippen molar-refractivity contribution < 1.29 is 4.79 Å². The number of amides is 1. The molecule has 5 heteroatoms. The Labute approximate surface area is 173 Å². The predicted molar refractivity (Wildman–Crippen MR) is 118 cm³/mol. The van der Waals surface area contributed by atoms with Crippen molar-refractivity contribution in [2.75, 3.05) is 44.2 Å². The van der Waals surface area contributed by atoms with E-state index in [1.807, 2.05) is 29.3 Å². The fourth-order valence-corrected chi connectivity index (χ4v) is 3.99. The normalized spacial score (nSPS) is 18.4. The molecule has 4 rings (SSSR count). The molecule has 2 saturated heterocycles. The molecule has 0 N–H and O–H groups in total. The topological polar surface area (TPSA) is 39.7 Å². The third-order valence-electron chi connectivity index (χ3n) is 6.00. The number of likely N-dealkylation sites (tertiary alicyclic amines) is 1. The Morgan fingerprint density at radius 1 is 1.03 bits per heavy atom. The van der Waals surface area contributed by atoms with Crippen LogP contribution in [0.3, 0.4) is 0 Å². The first-order chi connectivity index (χ1) is 14.1. The van der Waals surface area contributed by atoms with Gasteiger partial charge in [-0.3, -0.25) is 9.69 Å². The molecule has 3 heterocycles. The van der Waals surface area contributed by atoms with E-state index in [-0.39, 0.29) is 5.91 Å². The molecule has 1 amide bonds. The quantitative estimate of drug-likeness (QED) is 0.735. The SMILES string of the molecule is CC(C)c1ccc(/C=C/C(=O)N2CC(N3CCN(c4ccccn4)CC3)C2)cc1. The van der Waals surface area contributed by atoms with Gasteiger partial charge in [0, 0.05) is 57.6 Å². The van der Waals surface area contributed by atoms with Gasteiger partial charge in [-0.2, -0.15) is 0 Å². The maximum absolute atomic E-state index is 12.4. The van der Waals surface area contributed by atoms with E-state index in [4.69, 9.17) is 0 Å². The van der Waals surface area contributed by atoms with E-state index in [9.17, 15) is 4.79 Å². The van der Waals surface area contributed by atoms with Crippen molar-refractivity contribution in [2.24, 2.45) is 0 Å². The van der Waals surface area contributed by atoms with Crippen LogP contribution in [0.15, 0.2) is 54.7 Å². The lowest BCUT2D eigenvalue weighted by atomic mass is 10.0. The Bertz CT molecular complexity index is 833. The van der Waals surface area contributed by atoms with Gasteiger partial charge in [-0.25, -0.2) is 4.98 Å². The van der Waals surface area contributed by atoms with Crippen LogP contribution in [0.2, 0.25) is 0 Å². The van der Waals surface area contributed by atoms with Crippen LogP contribution in [0.1, 0.15) is 30.9 Å². The van der Waals surface area contributed by atoms with Crippen molar-refractivity contribution in [3.63, 3.8) is 0 Å². The van der Waals surface area contributed by atoms with Crippen molar-refractivity contribution in [3.05, 3.63) is 65.9 Å². The number of piperazine rings is 1. The Balaban J connectivity index is 1.22. The summed E-state index contributed by atoms with van der Waals surface area (Å²) in [6, 6.07) is 15.0. The second-order valence-electron chi connectivity index (χ2n) is 8.26. The van der Waals surface area contributed by atoms with Crippen molar-refractivity contribution in [1.82, 2.24) is 14.8 Å². The van der Waals surface area contributed by atoms with Gasteiger partial charge in [0.25, 0.3) is 0 Å². The van der Waals surface area contributed by atoms with E-state index < -0.39 is 0 Å². The number of carbonyl (C=O) groups excluding carboxylic acids is 1. The molecule has 29 heavy (non-hydrogen) atoms. The van der Waals surface area contributed by atoms with E-state index in [0.717, 1.165) is 50.6 Å². The van der Waals surface area contributed by atoms with Gasteiger partial charge in [0.2, 0.25) is 5.91 Å². The molecule has 0 bridgehead atoms. The number of hydrogen-bond acceptors (Lipinski definition) is 4. The third-order valence-corrected chi connectivity index (χ3v) is 6.00. The molecule has 2 aromatic rings. The van der Waals surface area contributed by atoms with Gasteiger partial charge in [0.1, 0.15) is 5.82 Å². The summed E-state index contributed by atoms with van der Waals surface area (Å²) in [5, 5.41) is 0. The lowest BCUT2D eigenvalue weighted by Gasteiger charge is -2.48. The minimum absolute atomic E-state index is 0.112. The molecule has 0 unspecified atom stereocenters. The van der Waals surface area contributed by atoms with Crippen LogP contribution < -0.4 is 4.90 Å². The Morgan fingerprint density at radius 3 is 2.38 bits per heavy atom. The maximum Gasteiger partial charge on any atom is 0.246 e. The summed E-state index contributed by atoms with van der Waals surface area (Å²) in [6.07, 6.45) is 5.48. The highest BCUT2D eigenvalue weighted by atomic mass is 16.2. The van der Waals surface area contributed by atoms with E-state index >= 15 is 0 Å². The molecular formula is C24H30N4O. The average Bonchev–Trinajstić information content (AvgIpc) is 2.72. The first kappa shape index (κ1) is 19.6. The van der Waals surface area contributed by atoms with Crippen LogP contribution >= 0.6 is 0 Å². The molecule has 1 aromatic carbocycles. The maximum atomic E-state index is 12.4. The lowest BCUT2D eigenvalue weighted by molar-refractivity contribution is -0.133. The molecule has 5 nitrogen and oxygen atoms in total. The van der Waals surface area contributed by atoms with Gasteiger partial charge in [0.05, 0.1) is 0 Å². The van der Waals surface area contributed by atoms with E-state index in [1.54, 1.807) is 6.08 Å². The van der Waals surface area contributed by atoms with Crippen molar-refractivity contribution in [3.8, 4) is 0 Å². The fourth-order valence-electron chi connectivity index (χ4n) is 3.99. The summed E-state index contributed by atoms with van der Waals surface area (Å²) in [5.41, 5.74) is 2.40. The molecule has 0 spiro atoms. The number of carbonyl (C=O) groups is 1. The number of anilines is 1. The summed E-state index contributed by atoms with van der Waals surface area (Å²) in [4.78, 5) is 23.7. The van der Waals surface area contributed by atoms with Crippen LogP contribution in [0.5, 0.6) is 0 Å². The summed E-state index contributed by atoms with van der Waals surface area (Å²) >= 11 is 0. The smallest absolute Gasteiger partial charge is 0.246 e. The van der Waals surface area contributed by atoms with Gasteiger partial charge < -0.3 is 9.80 Å². The zero-order valence-electron chi connectivity index (χ0n) is 17.4. The number of pyridine rings is 1. The second-order valence-corrected chi connectivity index (χ2v) is 8.26. The largest absolute Gasteiger partial charge is 0.354 e. The zero-order chi connectivity index (χ0) is 20.2. The lowest BCUT2D eigenvalue weighted by Crippen LogP contribution is -2.64. The van der Waals surface area contributed by atoms with Gasteiger partial charge in [-0.05, 0) is 35.3 Å². The average molecular weight is 391 g/mol. The van der Waals surface area contributed by atoms with Crippen molar-refractivity contribution in [1.29, 1.82) is 0 Å². The Hall–Kier alpha value is -2.66. The number of rotatable bonds is 5. The standard InChI is InChI=1S/C24H30N4O/c1-19(2)21-9-6-20(7-10-21)8-11-24(29)28-17-22(18-28)26-13-15-27(16-14-26)23-5-3-4-12-25-23/h3-12,19,22H,13-18H2,1-2H3/b11-8+. The first-order valence-corrected chi connectivity index (χ1v) is 10.6. The number of aromatic nitrogens is 1. The molecule has 2 aliphatic rings. The van der Waals surface area contributed by atoms with E-state index in [2.05, 4.69) is 59.0 Å². The number of nitrogens with zero attached hydrogens (tertiary/aromatic N) is 4. The highest BCUT2D eigenvalue weighted by Crippen LogP contribution is 2.20. The molecule has 1 aromatic heterocycles. The van der Waals surface area contributed by atoms with Gasteiger partial charge in [0.15, 0.2) is 0 Å². The third kappa shape index (κ3) is 4.67. The monoisotopic (exact) mass is 390 g/mol. The number of benzene rings is 1. The highest BCUT2D eigenvalue weighted by molar-refractivity contribution is 5.92.